The van der Waals surface area contributed by atoms with Gasteiger partial charge in [-0.1, -0.05) is 19.1 Å². The number of rotatable bonds is 7. The first-order valence-electron chi connectivity index (χ1n) is 8.88. The maximum Gasteiger partial charge on any atom is 0.251 e. The molecule has 2 N–H and O–H groups in total. The van der Waals surface area contributed by atoms with Crippen molar-refractivity contribution < 1.29 is 9.59 Å². The molecule has 0 bridgehead atoms. The Labute approximate surface area is 144 Å². The highest BCUT2D eigenvalue weighted by Crippen LogP contribution is 2.15. The smallest absolute Gasteiger partial charge is 0.251 e. The maximum atomic E-state index is 12.1. The molecule has 5 heteroatoms. The van der Waals surface area contributed by atoms with Gasteiger partial charge in [-0.15, -0.1) is 0 Å². The van der Waals surface area contributed by atoms with Crippen molar-refractivity contribution in [2.45, 2.75) is 39.7 Å². The van der Waals surface area contributed by atoms with E-state index < -0.39 is 0 Å². The summed E-state index contributed by atoms with van der Waals surface area (Å²) >= 11 is 0. The number of piperidine rings is 1. The van der Waals surface area contributed by atoms with Crippen LogP contribution in [-0.4, -0.2) is 42.9 Å². The van der Waals surface area contributed by atoms with Crippen LogP contribution in [0, 0.1) is 5.92 Å². The quantitative estimate of drug-likeness (QED) is 0.753. The molecule has 1 heterocycles. The molecule has 0 aliphatic carbocycles. The summed E-state index contributed by atoms with van der Waals surface area (Å²) in [5.74, 6) is 0.767. The number of amides is 2. The van der Waals surface area contributed by atoms with E-state index in [0.29, 0.717) is 18.7 Å². The summed E-state index contributed by atoms with van der Waals surface area (Å²) in [4.78, 5) is 25.5. The summed E-state index contributed by atoms with van der Waals surface area (Å²) in [7, 11) is 0. The fraction of sp³-hybridized carbons (Fsp3) is 0.579. The number of benzene rings is 1. The fourth-order valence-electron chi connectivity index (χ4n) is 2.89. The zero-order chi connectivity index (χ0) is 17.4. The monoisotopic (exact) mass is 331 g/mol. The Balaban J connectivity index is 1.66. The molecule has 24 heavy (non-hydrogen) atoms. The average molecular weight is 331 g/mol. The highest BCUT2D eigenvalue weighted by molar-refractivity contribution is 5.94. The van der Waals surface area contributed by atoms with Crippen LogP contribution in [0.5, 0.6) is 0 Å². The number of nitrogens with zero attached hydrogens (tertiary/aromatic N) is 1. The minimum Gasteiger partial charge on any atom is -0.352 e. The van der Waals surface area contributed by atoms with Crippen molar-refractivity contribution in [3.8, 4) is 0 Å². The third-order valence-electron chi connectivity index (χ3n) is 4.57. The van der Waals surface area contributed by atoms with Crippen LogP contribution in [0.2, 0.25) is 0 Å². The first-order chi connectivity index (χ1) is 11.5. The molecule has 1 aromatic rings. The van der Waals surface area contributed by atoms with Gasteiger partial charge in [0.1, 0.15) is 0 Å². The molecule has 0 atom stereocenters. The van der Waals surface area contributed by atoms with Crippen molar-refractivity contribution in [2.24, 2.45) is 5.92 Å². The van der Waals surface area contributed by atoms with Gasteiger partial charge in [-0.3, -0.25) is 9.59 Å². The van der Waals surface area contributed by atoms with Gasteiger partial charge in [0, 0.05) is 25.6 Å². The summed E-state index contributed by atoms with van der Waals surface area (Å²) in [6.45, 7) is 8.44. The first-order valence-corrected chi connectivity index (χ1v) is 8.88. The van der Waals surface area contributed by atoms with Gasteiger partial charge in [0.25, 0.3) is 5.91 Å². The average Bonchev–Trinajstić information content (AvgIpc) is 2.58. The maximum absolute atomic E-state index is 12.1. The topological polar surface area (TPSA) is 61.4 Å². The molecule has 2 amide bonds. The molecular formula is C19H29N3O2. The molecule has 132 valence electrons. The lowest BCUT2D eigenvalue weighted by Gasteiger charge is -2.30. The Morgan fingerprint density at radius 1 is 1.12 bits per heavy atom. The van der Waals surface area contributed by atoms with Gasteiger partial charge < -0.3 is 15.5 Å². The molecule has 1 aliphatic rings. The van der Waals surface area contributed by atoms with Crippen LogP contribution in [0.4, 0.5) is 0 Å². The van der Waals surface area contributed by atoms with Gasteiger partial charge in [-0.2, -0.15) is 0 Å². The van der Waals surface area contributed by atoms with Crippen molar-refractivity contribution in [3.05, 3.63) is 35.4 Å². The van der Waals surface area contributed by atoms with Gasteiger partial charge in [0.2, 0.25) is 5.91 Å². The lowest BCUT2D eigenvalue weighted by Crippen LogP contribution is -2.35. The highest BCUT2D eigenvalue weighted by atomic mass is 16.2. The summed E-state index contributed by atoms with van der Waals surface area (Å²) in [5, 5.41) is 5.72. The largest absolute Gasteiger partial charge is 0.352 e. The van der Waals surface area contributed by atoms with Crippen LogP contribution in [0.3, 0.4) is 0 Å². The lowest BCUT2D eigenvalue weighted by molar-refractivity contribution is -0.119. The summed E-state index contributed by atoms with van der Waals surface area (Å²) in [5.41, 5.74) is 1.65. The molecule has 1 saturated heterocycles. The Morgan fingerprint density at radius 3 is 2.42 bits per heavy atom. The van der Waals surface area contributed by atoms with Gasteiger partial charge in [-0.25, -0.2) is 0 Å². The van der Waals surface area contributed by atoms with E-state index in [2.05, 4.69) is 22.5 Å². The second-order valence-electron chi connectivity index (χ2n) is 6.74. The molecule has 0 unspecified atom stereocenters. The van der Waals surface area contributed by atoms with Crippen molar-refractivity contribution in [3.63, 3.8) is 0 Å². The third-order valence-corrected chi connectivity index (χ3v) is 4.57. The van der Waals surface area contributed by atoms with Crippen LogP contribution in [0.1, 0.15) is 49.0 Å². The predicted octanol–water partition coefficient (Wildman–Crippen LogP) is 2.17. The van der Waals surface area contributed by atoms with Crippen molar-refractivity contribution in [1.29, 1.82) is 0 Å². The van der Waals surface area contributed by atoms with E-state index >= 15 is 0 Å². The van der Waals surface area contributed by atoms with Crippen LogP contribution in [0.15, 0.2) is 24.3 Å². The zero-order valence-electron chi connectivity index (χ0n) is 14.8. The number of likely N-dealkylation sites (tertiary alicyclic amines) is 1. The highest BCUT2D eigenvalue weighted by Gasteiger charge is 2.14. The summed E-state index contributed by atoms with van der Waals surface area (Å²) < 4.78 is 0. The zero-order valence-corrected chi connectivity index (χ0v) is 14.8. The minimum atomic E-state index is -0.0556. The minimum absolute atomic E-state index is 0.0339. The van der Waals surface area contributed by atoms with Crippen molar-refractivity contribution >= 4 is 11.8 Å². The fourth-order valence-corrected chi connectivity index (χ4v) is 2.89. The van der Waals surface area contributed by atoms with Crippen LogP contribution in [-0.2, 0) is 11.3 Å². The molecule has 0 spiro atoms. The lowest BCUT2D eigenvalue weighted by atomic mass is 9.99. The Kier molecular flexibility index (Phi) is 7.25. The summed E-state index contributed by atoms with van der Waals surface area (Å²) in [6, 6.07) is 7.36. The van der Waals surface area contributed by atoms with Gasteiger partial charge in [-0.05, 0) is 62.5 Å². The second kappa shape index (κ2) is 9.42. The van der Waals surface area contributed by atoms with E-state index in [0.717, 1.165) is 24.4 Å². The number of nitrogens with one attached hydrogen (secondary N) is 2. The van der Waals surface area contributed by atoms with Crippen LogP contribution in [0.25, 0.3) is 0 Å². The Morgan fingerprint density at radius 2 is 1.79 bits per heavy atom. The number of hydrogen-bond donors (Lipinski definition) is 2. The van der Waals surface area contributed by atoms with Crippen LogP contribution < -0.4 is 10.6 Å². The van der Waals surface area contributed by atoms with Crippen molar-refractivity contribution in [2.75, 3.05) is 26.2 Å². The molecule has 2 rings (SSSR count). The summed E-state index contributed by atoms with van der Waals surface area (Å²) in [6.07, 6.45) is 3.56. The first kappa shape index (κ1) is 18.5. The Bertz CT molecular complexity index is 534. The van der Waals surface area contributed by atoms with E-state index in [1.165, 1.54) is 32.9 Å². The molecule has 1 fully saturated rings. The molecule has 0 radical (unpaired) electrons. The molecule has 0 saturated carbocycles. The predicted molar refractivity (Wildman–Crippen MR) is 95.8 cm³/mol. The molecule has 0 aromatic heterocycles. The Hall–Kier alpha value is -1.88. The number of carbonyl (C=O) groups excluding carboxylic acids is 2. The SMILES string of the molecule is CC(=O)NCc1ccc(C(=O)NCCCN2CCC(C)CC2)cc1. The van der Waals surface area contributed by atoms with E-state index in [-0.39, 0.29) is 11.8 Å². The molecule has 1 aliphatic heterocycles. The molecular weight excluding hydrogens is 302 g/mol. The van der Waals surface area contributed by atoms with Gasteiger partial charge >= 0.3 is 0 Å². The normalized spacial score (nSPS) is 15.9. The standard InChI is InChI=1S/C19H29N3O2/c1-15-8-12-22(13-9-15)11-3-10-20-19(24)18-6-4-17(5-7-18)14-21-16(2)23/h4-7,15H,3,8-14H2,1-2H3,(H,20,24)(H,21,23). The second-order valence-corrected chi connectivity index (χ2v) is 6.74. The third kappa shape index (κ3) is 6.32. The molecule has 5 nitrogen and oxygen atoms in total. The van der Waals surface area contributed by atoms with Gasteiger partial charge in [0.05, 0.1) is 0 Å². The van der Waals surface area contributed by atoms with E-state index in [1.54, 1.807) is 12.1 Å². The van der Waals surface area contributed by atoms with Crippen molar-refractivity contribution in [1.82, 2.24) is 15.5 Å². The van der Waals surface area contributed by atoms with Gasteiger partial charge in [0.15, 0.2) is 0 Å². The number of hydrogen-bond acceptors (Lipinski definition) is 3. The number of carbonyl (C=O) groups is 2. The molecule has 1 aromatic carbocycles. The van der Waals surface area contributed by atoms with E-state index in [9.17, 15) is 9.59 Å². The van der Waals surface area contributed by atoms with E-state index in [1.807, 2.05) is 12.1 Å². The van der Waals surface area contributed by atoms with Crippen LogP contribution >= 0.6 is 0 Å². The van der Waals surface area contributed by atoms with E-state index in [4.69, 9.17) is 0 Å².